The Morgan fingerprint density at radius 1 is 1.04 bits per heavy atom. The topological polar surface area (TPSA) is 128 Å². The standard InChI is InChI=1S/C19H26N4O5/c1-10(2)15(17(25)21-16(11(3)4)18(26)27)22-19(28)23-9-14(24)20-12-7-5-6-8-13(12)23/h5-8,10-11,15-16H,9H2,1-4H3,(H,20,24)(H,21,25)(H,22,28)(H,26,27)/t15-,16+/m0/s1. The van der Waals surface area contributed by atoms with E-state index < -0.39 is 30.0 Å². The average molecular weight is 390 g/mol. The van der Waals surface area contributed by atoms with Crippen LogP contribution < -0.4 is 20.9 Å². The van der Waals surface area contributed by atoms with Crippen molar-refractivity contribution in [3.05, 3.63) is 24.3 Å². The van der Waals surface area contributed by atoms with Crippen molar-refractivity contribution in [2.24, 2.45) is 11.8 Å². The Hall–Kier alpha value is -3.10. The maximum absolute atomic E-state index is 12.8. The zero-order valence-electron chi connectivity index (χ0n) is 16.4. The first kappa shape index (κ1) is 21.2. The number of anilines is 2. The lowest BCUT2D eigenvalue weighted by Crippen LogP contribution is -2.58. The molecule has 0 saturated carbocycles. The van der Waals surface area contributed by atoms with Crippen molar-refractivity contribution in [1.82, 2.24) is 10.6 Å². The van der Waals surface area contributed by atoms with Crippen LogP contribution in [0.3, 0.4) is 0 Å². The fraction of sp³-hybridized carbons (Fsp3) is 0.474. The van der Waals surface area contributed by atoms with Crippen LogP contribution in [0.1, 0.15) is 27.7 Å². The zero-order chi connectivity index (χ0) is 21.0. The second-order valence-corrected chi connectivity index (χ2v) is 7.39. The lowest BCUT2D eigenvalue weighted by molar-refractivity contribution is -0.143. The van der Waals surface area contributed by atoms with Crippen molar-refractivity contribution in [2.45, 2.75) is 39.8 Å². The van der Waals surface area contributed by atoms with Crippen LogP contribution in [0.4, 0.5) is 16.2 Å². The Bertz CT molecular complexity index is 777. The molecule has 0 radical (unpaired) electrons. The number of carboxylic acids is 1. The third-order valence-electron chi connectivity index (χ3n) is 4.47. The maximum atomic E-state index is 12.8. The Morgan fingerprint density at radius 2 is 1.64 bits per heavy atom. The molecular formula is C19H26N4O5. The van der Waals surface area contributed by atoms with Gasteiger partial charge in [0.05, 0.1) is 11.4 Å². The first-order valence-electron chi connectivity index (χ1n) is 9.12. The molecule has 9 heteroatoms. The van der Waals surface area contributed by atoms with E-state index in [0.29, 0.717) is 11.4 Å². The number of para-hydroxylation sites is 2. The minimum atomic E-state index is -1.14. The molecule has 1 aliphatic rings. The van der Waals surface area contributed by atoms with Crippen molar-refractivity contribution in [3.8, 4) is 0 Å². The molecule has 0 unspecified atom stereocenters. The van der Waals surface area contributed by atoms with Crippen molar-refractivity contribution in [1.29, 1.82) is 0 Å². The molecule has 0 saturated heterocycles. The van der Waals surface area contributed by atoms with Crippen molar-refractivity contribution >= 4 is 35.2 Å². The summed E-state index contributed by atoms with van der Waals surface area (Å²) < 4.78 is 0. The summed E-state index contributed by atoms with van der Waals surface area (Å²) in [5.74, 6) is -2.68. The third kappa shape index (κ3) is 4.79. The number of carbonyl (C=O) groups excluding carboxylic acids is 3. The number of amides is 4. The molecular weight excluding hydrogens is 364 g/mol. The quantitative estimate of drug-likeness (QED) is 0.584. The number of rotatable bonds is 6. The molecule has 0 fully saturated rings. The molecule has 4 N–H and O–H groups in total. The number of carboxylic acid groups (broad SMARTS) is 1. The van der Waals surface area contributed by atoms with Gasteiger partial charge in [-0.25, -0.2) is 9.59 Å². The van der Waals surface area contributed by atoms with Crippen molar-refractivity contribution in [3.63, 3.8) is 0 Å². The molecule has 2 atom stereocenters. The number of nitrogens with zero attached hydrogens (tertiary/aromatic N) is 1. The second kappa shape index (κ2) is 8.73. The predicted molar refractivity (Wildman–Crippen MR) is 104 cm³/mol. The first-order chi connectivity index (χ1) is 13.1. The van der Waals surface area contributed by atoms with E-state index in [1.54, 1.807) is 52.0 Å². The van der Waals surface area contributed by atoms with Gasteiger partial charge in [0, 0.05) is 0 Å². The molecule has 1 aliphatic heterocycles. The lowest BCUT2D eigenvalue weighted by Gasteiger charge is -2.32. The summed E-state index contributed by atoms with van der Waals surface area (Å²) in [4.78, 5) is 50.0. The minimum Gasteiger partial charge on any atom is -0.480 e. The van der Waals surface area contributed by atoms with Gasteiger partial charge in [-0.05, 0) is 24.0 Å². The number of urea groups is 1. The fourth-order valence-electron chi connectivity index (χ4n) is 2.92. The van der Waals surface area contributed by atoms with Crippen LogP contribution >= 0.6 is 0 Å². The molecule has 0 bridgehead atoms. The zero-order valence-corrected chi connectivity index (χ0v) is 16.4. The van der Waals surface area contributed by atoms with E-state index in [9.17, 15) is 24.3 Å². The SMILES string of the molecule is CC(C)[C@H](NC(=O)N1CC(=O)Nc2ccccc21)C(=O)N[C@@H](C(=O)O)C(C)C. The van der Waals surface area contributed by atoms with Gasteiger partial charge in [-0.15, -0.1) is 0 Å². The number of benzene rings is 1. The summed E-state index contributed by atoms with van der Waals surface area (Å²) >= 11 is 0. The molecule has 1 aromatic carbocycles. The summed E-state index contributed by atoms with van der Waals surface area (Å²) in [5, 5.41) is 17.1. The predicted octanol–water partition coefficient (Wildman–Crippen LogP) is 1.40. The highest BCUT2D eigenvalue weighted by Gasteiger charge is 2.33. The highest BCUT2D eigenvalue weighted by molar-refractivity contribution is 6.10. The van der Waals surface area contributed by atoms with Crippen LogP contribution in [0, 0.1) is 11.8 Å². The summed E-state index contributed by atoms with van der Waals surface area (Å²) in [5.41, 5.74) is 1.03. The van der Waals surface area contributed by atoms with Crippen LogP contribution in [0.5, 0.6) is 0 Å². The van der Waals surface area contributed by atoms with Crippen molar-refractivity contribution < 1.29 is 24.3 Å². The molecule has 2 rings (SSSR count). The molecule has 1 aromatic rings. The Kier molecular flexibility index (Phi) is 6.61. The van der Waals surface area contributed by atoms with Gasteiger partial charge in [-0.2, -0.15) is 0 Å². The van der Waals surface area contributed by atoms with Crippen LogP contribution in [-0.2, 0) is 14.4 Å². The van der Waals surface area contributed by atoms with Gasteiger partial charge in [0.2, 0.25) is 11.8 Å². The van der Waals surface area contributed by atoms with E-state index in [4.69, 9.17) is 0 Å². The number of hydrogen-bond acceptors (Lipinski definition) is 4. The molecule has 4 amide bonds. The summed E-state index contributed by atoms with van der Waals surface area (Å²) in [6.07, 6.45) is 0. The minimum absolute atomic E-state index is 0.182. The molecule has 0 aromatic heterocycles. The van der Waals surface area contributed by atoms with Crippen LogP contribution in [0.2, 0.25) is 0 Å². The van der Waals surface area contributed by atoms with Gasteiger partial charge in [-0.1, -0.05) is 39.8 Å². The molecule has 28 heavy (non-hydrogen) atoms. The van der Waals surface area contributed by atoms with Crippen LogP contribution in [0.25, 0.3) is 0 Å². The van der Waals surface area contributed by atoms with Crippen LogP contribution in [-0.4, -0.2) is 47.5 Å². The van der Waals surface area contributed by atoms with E-state index in [1.807, 2.05) is 0 Å². The molecule has 1 heterocycles. The number of fused-ring (bicyclic) bond motifs is 1. The first-order valence-corrected chi connectivity index (χ1v) is 9.12. The van der Waals surface area contributed by atoms with Gasteiger partial charge >= 0.3 is 12.0 Å². The monoisotopic (exact) mass is 390 g/mol. The van der Waals surface area contributed by atoms with E-state index >= 15 is 0 Å². The van der Waals surface area contributed by atoms with Crippen molar-refractivity contribution in [2.75, 3.05) is 16.8 Å². The van der Waals surface area contributed by atoms with E-state index in [-0.39, 0.29) is 24.3 Å². The molecule has 9 nitrogen and oxygen atoms in total. The van der Waals surface area contributed by atoms with Gasteiger partial charge in [-0.3, -0.25) is 14.5 Å². The maximum Gasteiger partial charge on any atom is 0.326 e. The van der Waals surface area contributed by atoms with Gasteiger partial charge < -0.3 is 21.1 Å². The van der Waals surface area contributed by atoms with E-state index in [0.717, 1.165) is 0 Å². The largest absolute Gasteiger partial charge is 0.480 e. The van der Waals surface area contributed by atoms with E-state index in [1.165, 1.54) is 4.90 Å². The smallest absolute Gasteiger partial charge is 0.326 e. The Morgan fingerprint density at radius 3 is 2.21 bits per heavy atom. The Labute approximate surface area is 163 Å². The third-order valence-corrected chi connectivity index (χ3v) is 4.47. The number of nitrogens with one attached hydrogen (secondary N) is 3. The van der Waals surface area contributed by atoms with E-state index in [2.05, 4.69) is 16.0 Å². The highest BCUT2D eigenvalue weighted by Crippen LogP contribution is 2.28. The van der Waals surface area contributed by atoms with Crippen LogP contribution in [0.15, 0.2) is 24.3 Å². The molecule has 0 spiro atoms. The molecule has 152 valence electrons. The molecule has 0 aliphatic carbocycles. The summed E-state index contributed by atoms with van der Waals surface area (Å²) in [7, 11) is 0. The number of hydrogen-bond donors (Lipinski definition) is 4. The highest BCUT2D eigenvalue weighted by atomic mass is 16.4. The van der Waals surface area contributed by atoms with Gasteiger partial charge in [0.1, 0.15) is 18.6 Å². The fourth-order valence-corrected chi connectivity index (χ4v) is 2.92. The normalized spacial score (nSPS) is 15.5. The summed E-state index contributed by atoms with van der Waals surface area (Å²) in [6.45, 7) is 6.68. The second-order valence-electron chi connectivity index (χ2n) is 7.39. The Balaban J connectivity index is 2.18. The number of carbonyl (C=O) groups is 4. The average Bonchev–Trinajstić information content (AvgIpc) is 2.62. The summed E-state index contributed by atoms with van der Waals surface area (Å²) in [6, 6.07) is 4.23. The van der Waals surface area contributed by atoms with Gasteiger partial charge in [0.25, 0.3) is 0 Å². The lowest BCUT2D eigenvalue weighted by atomic mass is 10.0. The number of aliphatic carboxylic acids is 1. The van der Waals surface area contributed by atoms with Gasteiger partial charge in [0.15, 0.2) is 0 Å².